The second kappa shape index (κ2) is 4.45. The molecule has 0 radical (unpaired) electrons. The molecule has 0 bridgehead atoms. The molecule has 3 rings (SSSR count). The van der Waals surface area contributed by atoms with Gasteiger partial charge in [-0.2, -0.15) is 0 Å². The standard InChI is InChI=1S/C15H13N3/c1-11-4-6-12(7-5-11)14-10-17-15(18-14)13-3-2-8-16-9-13/h2-10H,1H3,(H,17,18). The van der Waals surface area contributed by atoms with Crippen LogP contribution < -0.4 is 0 Å². The highest BCUT2D eigenvalue weighted by molar-refractivity contribution is 5.64. The number of H-pyrrole nitrogens is 1. The molecule has 1 aromatic carbocycles. The Bertz CT molecular complexity index is 639. The molecular formula is C15H13N3. The van der Waals surface area contributed by atoms with Crippen molar-refractivity contribution in [2.24, 2.45) is 0 Å². The molecule has 18 heavy (non-hydrogen) atoms. The molecule has 3 heteroatoms. The summed E-state index contributed by atoms with van der Waals surface area (Å²) in [6, 6.07) is 12.3. The van der Waals surface area contributed by atoms with Crippen LogP contribution in [0.4, 0.5) is 0 Å². The second-order valence-electron chi connectivity index (χ2n) is 4.25. The summed E-state index contributed by atoms with van der Waals surface area (Å²) in [7, 11) is 0. The molecule has 3 nitrogen and oxygen atoms in total. The number of hydrogen-bond acceptors (Lipinski definition) is 2. The van der Waals surface area contributed by atoms with Crippen LogP contribution in [0.25, 0.3) is 22.6 Å². The van der Waals surface area contributed by atoms with Crippen molar-refractivity contribution in [1.29, 1.82) is 0 Å². The molecule has 0 aliphatic carbocycles. The van der Waals surface area contributed by atoms with Crippen molar-refractivity contribution in [2.75, 3.05) is 0 Å². The lowest BCUT2D eigenvalue weighted by atomic mass is 10.1. The molecule has 0 atom stereocenters. The molecule has 2 aromatic heterocycles. The fourth-order valence-corrected chi connectivity index (χ4v) is 1.85. The van der Waals surface area contributed by atoms with Crippen LogP contribution in [0.2, 0.25) is 0 Å². The third-order valence-corrected chi connectivity index (χ3v) is 2.87. The van der Waals surface area contributed by atoms with Gasteiger partial charge in [0.05, 0.1) is 11.9 Å². The summed E-state index contributed by atoms with van der Waals surface area (Å²) < 4.78 is 0. The van der Waals surface area contributed by atoms with Gasteiger partial charge in [0, 0.05) is 18.0 Å². The summed E-state index contributed by atoms with van der Waals surface area (Å²) in [5, 5.41) is 0. The van der Waals surface area contributed by atoms with Crippen molar-refractivity contribution in [3.05, 3.63) is 60.6 Å². The quantitative estimate of drug-likeness (QED) is 0.739. The van der Waals surface area contributed by atoms with Gasteiger partial charge in [-0.05, 0) is 24.6 Å². The van der Waals surface area contributed by atoms with Crippen molar-refractivity contribution in [1.82, 2.24) is 15.0 Å². The molecule has 0 saturated carbocycles. The highest BCUT2D eigenvalue weighted by Crippen LogP contribution is 2.21. The van der Waals surface area contributed by atoms with E-state index in [9.17, 15) is 0 Å². The van der Waals surface area contributed by atoms with Gasteiger partial charge in [0.15, 0.2) is 0 Å². The van der Waals surface area contributed by atoms with Crippen molar-refractivity contribution in [3.8, 4) is 22.6 Å². The van der Waals surface area contributed by atoms with Gasteiger partial charge in [-0.25, -0.2) is 4.98 Å². The molecule has 0 aliphatic heterocycles. The molecule has 0 saturated heterocycles. The van der Waals surface area contributed by atoms with E-state index < -0.39 is 0 Å². The molecule has 1 N–H and O–H groups in total. The molecule has 2 heterocycles. The Balaban J connectivity index is 1.97. The van der Waals surface area contributed by atoms with Crippen LogP contribution in [0.3, 0.4) is 0 Å². The monoisotopic (exact) mass is 235 g/mol. The average molecular weight is 235 g/mol. The highest BCUT2D eigenvalue weighted by atomic mass is 14.9. The summed E-state index contributed by atoms with van der Waals surface area (Å²) >= 11 is 0. The first-order chi connectivity index (χ1) is 8.83. The molecular weight excluding hydrogens is 222 g/mol. The smallest absolute Gasteiger partial charge is 0.139 e. The lowest BCUT2D eigenvalue weighted by Crippen LogP contribution is -1.82. The lowest BCUT2D eigenvalue weighted by molar-refractivity contribution is 1.26. The Morgan fingerprint density at radius 3 is 2.50 bits per heavy atom. The fraction of sp³-hybridized carbons (Fsp3) is 0.0667. The maximum atomic E-state index is 4.39. The second-order valence-corrected chi connectivity index (χ2v) is 4.25. The van der Waals surface area contributed by atoms with Crippen LogP contribution >= 0.6 is 0 Å². The number of aryl methyl sites for hydroxylation is 1. The van der Waals surface area contributed by atoms with Gasteiger partial charge < -0.3 is 4.98 Å². The van der Waals surface area contributed by atoms with Gasteiger partial charge in [0.2, 0.25) is 0 Å². The Morgan fingerprint density at radius 2 is 1.78 bits per heavy atom. The van der Waals surface area contributed by atoms with E-state index in [-0.39, 0.29) is 0 Å². The topological polar surface area (TPSA) is 41.6 Å². The van der Waals surface area contributed by atoms with Gasteiger partial charge >= 0.3 is 0 Å². The van der Waals surface area contributed by atoms with Crippen molar-refractivity contribution in [2.45, 2.75) is 6.92 Å². The molecule has 0 unspecified atom stereocenters. The van der Waals surface area contributed by atoms with Gasteiger partial charge in [0.25, 0.3) is 0 Å². The van der Waals surface area contributed by atoms with Crippen molar-refractivity contribution < 1.29 is 0 Å². The summed E-state index contributed by atoms with van der Waals surface area (Å²) in [6.07, 6.45) is 5.41. The minimum atomic E-state index is 0.846. The van der Waals surface area contributed by atoms with Crippen LogP contribution in [0.1, 0.15) is 5.56 Å². The summed E-state index contributed by atoms with van der Waals surface area (Å²) in [6.45, 7) is 2.08. The summed E-state index contributed by atoms with van der Waals surface area (Å²) in [4.78, 5) is 11.8. The maximum Gasteiger partial charge on any atom is 0.139 e. The Labute approximate surface area is 106 Å². The predicted molar refractivity (Wildman–Crippen MR) is 72.0 cm³/mol. The molecule has 0 amide bonds. The van der Waals surface area contributed by atoms with Crippen LogP contribution in [0, 0.1) is 6.92 Å². The van der Waals surface area contributed by atoms with E-state index in [1.54, 1.807) is 12.4 Å². The predicted octanol–water partition coefficient (Wildman–Crippen LogP) is 3.45. The minimum Gasteiger partial charge on any atom is -0.338 e. The van der Waals surface area contributed by atoms with E-state index in [2.05, 4.69) is 46.1 Å². The summed E-state index contributed by atoms with van der Waals surface area (Å²) in [5.41, 5.74) is 4.42. The highest BCUT2D eigenvalue weighted by Gasteiger charge is 2.04. The Morgan fingerprint density at radius 1 is 0.944 bits per heavy atom. The average Bonchev–Trinajstić information content (AvgIpc) is 2.90. The van der Waals surface area contributed by atoms with Crippen LogP contribution in [0.15, 0.2) is 55.0 Å². The van der Waals surface area contributed by atoms with Gasteiger partial charge in [-0.3, -0.25) is 4.98 Å². The number of imidazole rings is 1. The summed E-state index contributed by atoms with van der Waals surface area (Å²) in [5.74, 6) is 0.846. The SMILES string of the molecule is Cc1ccc(-c2cnc(-c3cccnc3)[nH]2)cc1. The molecule has 88 valence electrons. The molecule has 0 aliphatic rings. The van der Waals surface area contributed by atoms with Crippen molar-refractivity contribution in [3.63, 3.8) is 0 Å². The van der Waals surface area contributed by atoms with Crippen LogP contribution in [-0.4, -0.2) is 15.0 Å². The van der Waals surface area contributed by atoms with E-state index in [1.807, 2.05) is 18.3 Å². The van der Waals surface area contributed by atoms with Crippen LogP contribution in [-0.2, 0) is 0 Å². The number of aromatic amines is 1. The number of pyridine rings is 1. The number of rotatable bonds is 2. The molecule has 3 aromatic rings. The Hall–Kier alpha value is -2.42. The van der Waals surface area contributed by atoms with Crippen molar-refractivity contribution >= 4 is 0 Å². The first-order valence-electron chi connectivity index (χ1n) is 5.85. The normalized spacial score (nSPS) is 10.5. The maximum absolute atomic E-state index is 4.39. The van der Waals surface area contributed by atoms with E-state index in [4.69, 9.17) is 0 Å². The van der Waals surface area contributed by atoms with Gasteiger partial charge in [-0.15, -0.1) is 0 Å². The lowest BCUT2D eigenvalue weighted by Gasteiger charge is -1.98. The van der Waals surface area contributed by atoms with E-state index in [0.29, 0.717) is 0 Å². The zero-order chi connectivity index (χ0) is 12.4. The number of aromatic nitrogens is 3. The van der Waals surface area contributed by atoms with E-state index in [0.717, 1.165) is 22.6 Å². The molecule has 0 fully saturated rings. The van der Waals surface area contributed by atoms with Gasteiger partial charge in [-0.1, -0.05) is 29.8 Å². The van der Waals surface area contributed by atoms with Gasteiger partial charge in [0.1, 0.15) is 5.82 Å². The largest absolute Gasteiger partial charge is 0.338 e. The number of nitrogens with one attached hydrogen (secondary N) is 1. The first kappa shape index (κ1) is 10.7. The third kappa shape index (κ3) is 2.02. The minimum absolute atomic E-state index is 0.846. The third-order valence-electron chi connectivity index (χ3n) is 2.87. The number of benzene rings is 1. The fourth-order valence-electron chi connectivity index (χ4n) is 1.85. The number of hydrogen-bond donors (Lipinski definition) is 1. The Kier molecular flexibility index (Phi) is 2.65. The zero-order valence-electron chi connectivity index (χ0n) is 10.1. The first-order valence-corrected chi connectivity index (χ1v) is 5.85. The van der Waals surface area contributed by atoms with E-state index in [1.165, 1.54) is 5.56 Å². The van der Waals surface area contributed by atoms with Crippen LogP contribution in [0.5, 0.6) is 0 Å². The zero-order valence-corrected chi connectivity index (χ0v) is 10.1. The number of nitrogens with zero attached hydrogens (tertiary/aromatic N) is 2. The molecule has 0 spiro atoms. The van der Waals surface area contributed by atoms with E-state index >= 15 is 0 Å².